The molecule has 3 aromatic carbocycles. The SMILES string of the molecule is COc1ccc(/C(C)=N\NC(=O)CN(c2ccc(I)cc2)S(=O)(=O)c2ccccc2)cc1OC. The molecule has 0 aliphatic carbocycles. The van der Waals surface area contributed by atoms with Crippen LogP contribution >= 0.6 is 22.6 Å². The fraction of sp³-hybridized carbons (Fsp3) is 0.167. The van der Waals surface area contributed by atoms with Gasteiger partial charge in [0.2, 0.25) is 0 Å². The summed E-state index contributed by atoms with van der Waals surface area (Å²) in [5.41, 5.74) is 4.05. The van der Waals surface area contributed by atoms with Gasteiger partial charge in [0.05, 0.1) is 30.5 Å². The molecule has 10 heteroatoms. The molecule has 3 rings (SSSR count). The number of carbonyl (C=O) groups excluding carboxylic acids is 1. The minimum absolute atomic E-state index is 0.0892. The number of sulfonamides is 1. The number of methoxy groups -OCH3 is 2. The number of amides is 1. The molecule has 8 nitrogen and oxygen atoms in total. The van der Waals surface area contributed by atoms with Crippen molar-refractivity contribution in [2.45, 2.75) is 11.8 Å². The first kappa shape index (κ1) is 25.5. The third kappa shape index (κ3) is 6.06. The number of nitrogens with one attached hydrogen (secondary N) is 1. The molecule has 0 spiro atoms. The van der Waals surface area contributed by atoms with Crippen LogP contribution in [0.1, 0.15) is 12.5 Å². The van der Waals surface area contributed by atoms with Crippen molar-refractivity contribution in [1.82, 2.24) is 5.43 Å². The summed E-state index contributed by atoms with van der Waals surface area (Å²) in [7, 11) is -0.905. The Morgan fingerprint density at radius 1 is 0.971 bits per heavy atom. The van der Waals surface area contributed by atoms with Crippen LogP contribution in [-0.2, 0) is 14.8 Å². The standard InChI is InChI=1S/C24H24IN3O5S/c1-17(18-9-14-22(32-2)23(15-18)33-3)26-27-24(29)16-28(20-12-10-19(25)11-13-20)34(30,31)21-7-5-4-6-8-21/h4-15H,16H2,1-3H3,(H,27,29)/b26-17-. The van der Waals surface area contributed by atoms with Crippen LogP contribution in [0.4, 0.5) is 5.69 Å². The van der Waals surface area contributed by atoms with Crippen molar-refractivity contribution in [1.29, 1.82) is 0 Å². The molecule has 0 heterocycles. The molecule has 0 saturated heterocycles. The molecule has 3 aromatic rings. The lowest BCUT2D eigenvalue weighted by atomic mass is 10.1. The number of carbonyl (C=O) groups is 1. The summed E-state index contributed by atoms with van der Waals surface area (Å²) in [6.07, 6.45) is 0. The average molecular weight is 593 g/mol. The minimum atomic E-state index is -3.98. The van der Waals surface area contributed by atoms with Crippen molar-refractivity contribution in [3.8, 4) is 11.5 Å². The van der Waals surface area contributed by atoms with Gasteiger partial charge in [-0.25, -0.2) is 13.8 Å². The number of hydrazone groups is 1. The Bertz CT molecular complexity index is 1280. The fourth-order valence-electron chi connectivity index (χ4n) is 3.08. The van der Waals surface area contributed by atoms with Gasteiger partial charge >= 0.3 is 0 Å². The second kappa shape index (κ2) is 11.3. The van der Waals surface area contributed by atoms with Gasteiger partial charge in [-0.1, -0.05) is 18.2 Å². The number of benzene rings is 3. The molecular formula is C24H24IN3O5S. The van der Waals surface area contributed by atoms with Crippen LogP contribution in [0, 0.1) is 3.57 Å². The summed E-state index contributed by atoms with van der Waals surface area (Å²) in [5, 5.41) is 4.14. The molecule has 0 radical (unpaired) electrons. The molecule has 0 saturated carbocycles. The quantitative estimate of drug-likeness (QED) is 0.230. The van der Waals surface area contributed by atoms with E-state index in [1.54, 1.807) is 74.7 Å². The van der Waals surface area contributed by atoms with E-state index >= 15 is 0 Å². The van der Waals surface area contributed by atoms with Crippen molar-refractivity contribution >= 4 is 49.9 Å². The molecule has 0 unspecified atom stereocenters. The van der Waals surface area contributed by atoms with Crippen LogP contribution in [0.3, 0.4) is 0 Å². The highest BCUT2D eigenvalue weighted by atomic mass is 127. The summed E-state index contributed by atoms with van der Waals surface area (Å²) >= 11 is 2.13. The maximum atomic E-state index is 13.3. The number of halogens is 1. The normalized spacial score (nSPS) is 11.6. The monoisotopic (exact) mass is 593 g/mol. The molecule has 0 aromatic heterocycles. The molecule has 1 amide bonds. The minimum Gasteiger partial charge on any atom is -0.493 e. The third-order valence-corrected chi connectivity index (χ3v) is 7.39. The van der Waals surface area contributed by atoms with Gasteiger partial charge in [0, 0.05) is 9.13 Å². The van der Waals surface area contributed by atoms with Crippen LogP contribution in [0.25, 0.3) is 0 Å². The Morgan fingerprint density at radius 3 is 2.24 bits per heavy atom. The number of rotatable bonds is 9. The van der Waals surface area contributed by atoms with Gasteiger partial charge < -0.3 is 9.47 Å². The van der Waals surface area contributed by atoms with Gasteiger partial charge in [-0.15, -0.1) is 0 Å². The highest BCUT2D eigenvalue weighted by Crippen LogP contribution is 2.28. The van der Waals surface area contributed by atoms with Gasteiger partial charge in [0.25, 0.3) is 15.9 Å². The maximum Gasteiger partial charge on any atom is 0.264 e. The lowest BCUT2D eigenvalue weighted by Gasteiger charge is -2.23. The Morgan fingerprint density at radius 2 is 1.62 bits per heavy atom. The van der Waals surface area contributed by atoms with Gasteiger partial charge in [-0.3, -0.25) is 9.10 Å². The van der Waals surface area contributed by atoms with E-state index < -0.39 is 22.5 Å². The second-order valence-corrected chi connectivity index (χ2v) is 10.2. The molecule has 178 valence electrons. The molecule has 34 heavy (non-hydrogen) atoms. The van der Waals surface area contributed by atoms with E-state index in [2.05, 4.69) is 33.1 Å². The van der Waals surface area contributed by atoms with Crippen LogP contribution in [0.2, 0.25) is 0 Å². The molecule has 1 N–H and O–H groups in total. The lowest BCUT2D eigenvalue weighted by Crippen LogP contribution is -2.39. The summed E-state index contributed by atoms with van der Waals surface area (Å²) in [5.74, 6) is 0.514. The summed E-state index contributed by atoms with van der Waals surface area (Å²) in [6, 6.07) is 20.1. The van der Waals surface area contributed by atoms with Crippen LogP contribution in [0.15, 0.2) is 82.8 Å². The van der Waals surface area contributed by atoms with Gasteiger partial charge in [-0.05, 0) is 84.1 Å². The number of hydrogen-bond acceptors (Lipinski definition) is 6. The molecule has 0 atom stereocenters. The zero-order valence-electron chi connectivity index (χ0n) is 18.9. The Hall–Kier alpha value is -3.12. The van der Waals surface area contributed by atoms with Crippen molar-refractivity contribution in [2.24, 2.45) is 5.10 Å². The van der Waals surface area contributed by atoms with Crippen LogP contribution < -0.4 is 19.2 Å². The van der Waals surface area contributed by atoms with Crippen LogP contribution in [0.5, 0.6) is 11.5 Å². The van der Waals surface area contributed by atoms with E-state index in [0.717, 1.165) is 7.88 Å². The number of ether oxygens (including phenoxy) is 2. The zero-order valence-corrected chi connectivity index (χ0v) is 21.8. The Labute approximate surface area is 212 Å². The second-order valence-electron chi connectivity index (χ2n) is 7.10. The summed E-state index contributed by atoms with van der Waals surface area (Å²) in [6.45, 7) is 1.28. The lowest BCUT2D eigenvalue weighted by molar-refractivity contribution is -0.119. The molecular weight excluding hydrogens is 569 g/mol. The summed E-state index contributed by atoms with van der Waals surface area (Å²) < 4.78 is 39.2. The molecule has 0 aliphatic heterocycles. The van der Waals surface area contributed by atoms with E-state index in [4.69, 9.17) is 9.47 Å². The van der Waals surface area contributed by atoms with Crippen molar-refractivity contribution < 1.29 is 22.7 Å². The van der Waals surface area contributed by atoms with Gasteiger partial charge in [-0.2, -0.15) is 5.10 Å². The van der Waals surface area contributed by atoms with Gasteiger partial charge in [0.15, 0.2) is 11.5 Å². The first-order valence-corrected chi connectivity index (χ1v) is 12.7. The fourth-order valence-corrected chi connectivity index (χ4v) is 4.88. The van der Waals surface area contributed by atoms with Crippen LogP contribution in [-0.4, -0.2) is 40.8 Å². The largest absolute Gasteiger partial charge is 0.493 e. The molecule has 0 fully saturated rings. The summed E-state index contributed by atoms with van der Waals surface area (Å²) in [4.78, 5) is 12.8. The van der Waals surface area contributed by atoms with E-state index in [0.29, 0.717) is 28.5 Å². The predicted molar refractivity (Wildman–Crippen MR) is 140 cm³/mol. The molecule has 0 bridgehead atoms. The molecule has 0 aliphatic rings. The van der Waals surface area contributed by atoms with E-state index in [1.165, 1.54) is 19.2 Å². The van der Waals surface area contributed by atoms with Crippen molar-refractivity contribution in [3.63, 3.8) is 0 Å². The Balaban J connectivity index is 1.84. The first-order chi connectivity index (χ1) is 16.3. The average Bonchev–Trinajstić information content (AvgIpc) is 2.86. The maximum absolute atomic E-state index is 13.3. The van der Waals surface area contributed by atoms with Gasteiger partial charge in [0.1, 0.15) is 6.54 Å². The van der Waals surface area contributed by atoms with Crippen molar-refractivity contribution in [2.75, 3.05) is 25.1 Å². The Kier molecular flexibility index (Phi) is 8.51. The number of nitrogens with zero attached hydrogens (tertiary/aromatic N) is 2. The van der Waals surface area contributed by atoms with E-state index in [-0.39, 0.29) is 4.90 Å². The van der Waals surface area contributed by atoms with Crippen molar-refractivity contribution in [3.05, 3.63) is 81.9 Å². The zero-order chi connectivity index (χ0) is 24.7. The highest BCUT2D eigenvalue weighted by molar-refractivity contribution is 14.1. The number of anilines is 1. The topological polar surface area (TPSA) is 97.3 Å². The van der Waals surface area contributed by atoms with E-state index in [9.17, 15) is 13.2 Å². The van der Waals surface area contributed by atoms with E-state index in [1.807, 2.05) is 0 Å². The highest BCUT2D eigenvalue weighted by Gasteiger charge is 2.27. The third-order valence-electron chi connectivity index (χ3n) is 4.88. The number of hydrogen-bond donors (Lipinski definition) is 1. The smallest absolute Gasteiger partial charge is 0.264 e. The predicted octanol–water partition coefficient (Wildman–Crippen LogP) is 4.04. The first-order valence-electron chi connectivity index (χ1n) is 10.1.